The Hall–Kier alpha value is -2.14. The van der Waals surface area contributed by atoms with Gasteiger partial charge in [0, 0.05) is 6.54 Å². The molecular weight excluding hydrogens is 270 g/mol. The van der Waals surface area contributed by atoms with Crippen LogP contribution in [0.2, 0.25) is 0 Å². The highest BCUT2D eigenvalue weighted by molar-refractivity contribution is 5.85. The van der Waals surface area contributed by atoms with Crippen molar-refractivity contribution < 1.29 is 19.8 Å². The molecule has 1 aliphatic carbocycles. The van der Waals surface area contributed by atoms with Crippen molar-refractivity contribution in [2.75, 3.05) is 0 Å². The third-order valence-corrected chi connectivity index (χ3v) is 3.76. The Morgan fingerprint density at radius 3 is 2.19 bits per heavy atom. The zero-order chi connectivity index (χ0) is 15.2. The minimum absolute atomic E-state index is 0.0126. The van der Waals surface area contributed by atoms with Crippen molar-refractivity contribution in [3.05, 3.63) is 47.5 Å². The second kappa shape index (κ2) is 7.04. The van der Waals surface area contributed by atoms with E-state index in [-0.39, 0.29) is 12.5 Å². The fourth-order valence-electron chi connectivity index (χ4n) is 2.46. The maximum Gasteiger partial charge on any atom is 0.307 e. The summed E-state index contributed by atoms with van der Waals surface area (Å²) in [4.78, 5) is 23.3. The van der Waals surface area contributed by atoms with Gasteiger partial charge in [-0.1, -0.05) is 36.4 Å². The van der Waals surface area contributed by atoms with Crippen LogP contribution in [0.15, 0.2) is 36.4 Å². The summed E-state index contributed by atoms with van der Waals surface area (Å²) in [6.45, 7) is 0.346. The minimum atomic E-state index is -0.924. The highest BCUT2D eigenvalue weighted by Crippen LogP contribution is 2.26. The van der Waals surface area contributed by atoms with Gasteiger partial charge in [0.25, 0.3) is 0 Å². The zero-order valence-corrected chi connectivity index (χ0v) is 11.7. The first-order valence-corrected chi connectivity index (χ1v) is 6.96. The van der Waals surface area contributed by atoms with E-state index in [1.54, 1.807) is 12.1 Å². The summed E-state index contributed by atoms with van der Waals surface area (Å²) in [5, 5.41) is 20.9. The van der Waals surface area contributed by atoms with Gasteiger partial charge < -0.3 is 15.5 Å². The third kappa shape index (κ3) is 3.92. The molecule has 0 saturated heterocycles. The molecule has 0 saturated carbocycles. The van der Waals surface area contributed by atoms with Gasteiger partial charge >= 0.3 is 5.97 Å². The number of nitrogens with one attached hydrogen (secondary N) is 1. The van der Waals surface area contributed by atoms with Crippen LogP contribution in [0.3, 0.4) is 0 Å². The Morgan fingerprint density at radius 2 is 1.62 bits per heavy atom. The molecule has 112 valence electrons. The fourth-order valence-corrected chi connectivity index (χ4v) is 2.46. The maximum absolute atomic E-state index is 12.2. The molecule has 1 aliphatic rings. The average Bonchev–Trinajstić information content (AvgIpc) is 2.53. The zero-order valence-electron chi connectivity index (χ0n) is 11.7. The Morgan fingerprint density at radius 1 is 1.05 bits per heavy atom. The highest BCUT2D eigenvalue weighted by Gasteiger charge is 2.33. The molecule has 3 N–H and O–H groups in total. The summed E-state index contributed by atoms with van der Waals surface area (Å²) in [7, 11) is 0. The smallest absolute Gasteiger partial charge is 0.307 e. The Balaban J connectivity index is 1.93. The van der Waals surface area contributed by atoms with Gasteiger partial charge in [-0.2, -0.15) is 0 Å². The predicted octanol–water partition coefficient (Wildman–Crippen LogP) is 1.46. The SMILES string of the molecule is O=C(O)C1CC=CCC1C(=O)NCc1ccc(CO)cc1. The number of allylic oxidation sites excluding steroid dienone is 2. The number of carboxylic acid groups (broad SMARTS) is 1. The van der Waals surface area contributed by atoms with Gasteiger partial charge in [0.05, 0.1) is 18.4 Å². The lowest BCUT2D eigenvalue weighted by Gasteiger charge is -2.24. The molecule has 2 rings (SSSR count). The van der Waals surface area contributed by atoms with E-state index in [4.69, 9.17) is 10.2 Å². The fraction of sp³-hybridized carbons (Fsp3) is 0.375. The van der Waals surface area contributed by atoms with Crippen LogP contribution in [0, 0.1) is 11.8 Å². The molecular formula is C16H19NO4. The summed E-state index contributed by atoms with van der Waals surface area (Å²) in [6, 6.07) is 7.26. The van der Waals surface area contributed by atoms with E-state index in [2.05, 4.69) is 5.32 Å². The molecule has 1 aromatic carbocycles. The first-order chi connectivity index (χ1) is 10.1. The third-order valence-electron chi connectivity index (χ3n) is 3.76. The summed E-state index contributed by atoms with van der Waals surface area (Å²) >= 11 is 0. The lowest BCUT2D eigenvalue weighted by atomic mass is 9.82. The molecule has 5 nitrogen and oxygen atoms in total. The highest BCUT2D eigenvalue weighted by atomic mass is 16.4. The van der Waals surface area contributed by atoms with Crippen LogP contribution in [0.5, 0.6) is 0 Å². The van der Waals surface area contributed by atoms with E-state index in [0.717, 1.165) is 11.1 Å². The number of aliphatic carboxylic acids is 1. The Kier molecular flexibility index (Phi) is 5.11. The average molecular weight is 289 g/mol. The number of hydrogen-bond acceptors (Lipinski definition) is 3. The Labute approximate surface area is 123 Å². The van der Waals surface area contributed by atoms with Crippen LogP contribution < -0.4 is 5.32 Å². The van der Waals surface area contributed by atoms with Gasteiger partial charge in [0.15, 0.2) is 0 Å². The molecule has 1 amide bonds. The quantitative estimate of drug-likeness (QED) is 0.716. The van der Waals surface area contributed by atoms with Crippen molar-refractivity contribution in [3.8, 4) is 0 Å². The van der Waals surface area contributed by atoms with Crippen molar-refractivity contribution in [1.29, 1.82) is 0 Å². The summed E-state index contributed by atoms with van der Waals surface area (Å²) in [5.74, 6) is -2.30. The minimum Gasteiger partial charge on any atom is -0.481 e. The number of hydrogen-bond donors (Lipinski definition) is 3. The number of aliphatic hydroxyl groups excluding tert-OH is 1. The lowest BCUT2D eigenvalue weighted by Crippen LogP contribution is -2.38. The van der Waals surface area contributed by atoms with Gasteiger partial charge in [-0.25, -0.2) is 0 Å². The van der Waals surface area contributed by atoms with Gasteiger partial charge in [-0.05, 0) is 24.0 Å². The van der Waals surface area contributed by atoms with Crippen molar-refractivity contribution in [1.82, 2.24) is 5.32 Å². The summed E-state index contributed by atoms with van der Waals surface area (Å²) in [6.07, 6.45) is 4.54. The first-order valence-electron chi connectivity index (χ1n) is 6.96. The molecule has 0 fully saturated rings. The van der Waals surface area contributed by atoms with Crippen molar-refractivity contribution >= 4 is 11.9 Å². The number of aliphatic hydroxyl groups is 1. The summed E-state index contributed by atoms with van der Waals surface area (Å²) < 4.78 is 0. The van der Waals surface area contributed by atoms with Gasteiger partial charge in [-0.15, -0.1) is 0 Å². The van der Waals surface area contributed by atoms with E-state index in [9.17, 15) is 9.59 Å². The number of rotatable bonds is 5. The number of benzene rings is 1. The van der Waals surface area contributed by atoms with Crippen LogP contribution in [0.1, 0.15) is 24.0 Å². The van der Waals surface area contributed by atoms with E-state index >= 15 is 0 Å². The monoisotopic (exact) mass is 289 g/mol. The molecule has 0 aliphatic heterocycles. The second-order valence-electron chi connectivity index (χ2n) is 5.19. The van der Waals surface area contributed by atoms with Gasteiger partial charge in [0.2, 0.25) is 5.91 Å². The normalized spacial score (nSPS) is 21.0. The number of carbonyl (C=O) groups excluding carboxylic acids is 1. The predicted molar refractivity (Wildman–Crippen MR) is 77.2 cm³/mol. The maximum atomic E-state index is 12.2. The van der Waals surface area contributed by atoms with Crippen LogP contribution in [-0.2, 0) is 22.7 Å². The number of amides is 1. The van der Waals surface area contributed by atoms with Crippen LogP contribution in [0.25, 0.3) is 0 Å². The van der Waals surface area contributed by atoms with Crippen molar-refractivity contribution in [2.24, 2.45) is 11.8 Å². The van der Waals surface area contributed by atoms with E-state index < -0.39 is 17.8 Å². The molecule has 21 heavy (non-hydrogen) atoms. The summed E-state index contributed by atoms with van der Waals surface area (Å²) in [5.41, 5.74) is 1.73. The molecule has 0 radical (unpaired) electrons. The van der Waals surface area contributed by atoms with E-state index in [1.807, 2.05) is 24.3 Å². The van der Waals surface area contributed by atoms with Gasteiger partial charge in [-0.3, -0.25) is 9.59 Å². The van der Waals surface area contributed by atoms with Crippen molar-refractivity contribution in [3.63, 3.8) is 0 Å². The molecule has 0 aromatic heterocycles. The number of carboxylic acids is 1. The molecule has 1 aromatic rings. The Bertz CT molecular complexity index is 536. The van der Waals surface area contributed by atoms with Crippen LogP contribution in [0.4, 0.5) is 0 Å². The standard InChI is InChI=1S/C16H19NO4/c18-10-12-7-5-11(6-8-12)9-17-15(19)13-3-1-2-4-14(13)16(20)21/h1-2,5-8,13-14,18H,3-4,9-10H2,(H,17,19)(H,20,21). The lowest BCUT2D eigenvalue weighted by molar-refractivity contribution is -0.147. The van der Waals surface area contributed by atoms with Gasteiger partial charge in [0.1, 0.15) is 0 Å². The van der Waals surface area contributed by atoms with E-state index in [0.29, 0.717) is 19.4 Å². The largest absolute Gasteiger partial charge is 0.481 e. The molecule has 0 bridgehead atoms. The molecule has 0 heterocycles. The molecule has 2 atom stereocenters. The first kappa shape index (κ1) is 15.3. The van der Waals surface area contributed by atoms with Crippen molar-refractivity contribution in [2.45, 2.75) is 26.0 Å². The second-order valence-corrected chi connectivity index (χ2v) is 5.19. The van der Waals surface area contributed by atoms with Crippen LogP contribution >= 0.6 is 0 Å². The molecule has 2 unspecified atom stereocenters. The van der Waals surface area contributed by atoms with Crippen LogP contribution in [-0.4, -0.2) is 22.1 Å². The van der Waals surface area contributed by atoms with E-state index in [1.165, 1.54) is 0 Å². The number of carbonyl (C=O) groups is 2. The molecule has 0 spiro atoms. The molecule has 5 heteroatoms. The topological polar surface area (TPSA) is 86.6 Å².